The second-order valence-corrected chi connectivity index (χ2v) is 4.84. The lowest BCUT2D eigenvalue weighted by molar-refractivity contribution is 0.0977. The van der Waals surface area contributed by atoms with Gasteiger partial charge in [0.15, 0.2) is 0 Å². The molecule has 0 saturated heterocycles. The van der Waals surface area contributed by atoms with Crippen LogP contribution in [0.15, 0.2) is 48.5 Å². The summed E-state index contributed by atoms with van der Waals surface area (Å²) in [6.45, 7) is 1.98. The highest BCUT2D eigenvalue weighted by atomic mass is 19.1. The van der Waals surface area contributed by atoms with Gasteiger partial charge in [0, 0.05) is 11.7 Å². The number of carbonyl (C=O) groups is 1. The number of para-hydroxylation sites is 1. The molecule has 0 fully saturated rings. The van der Waals surface area contributed by atoms with Crippen LogP contribution in [0.5, 0.6) is 0 Å². The molecule has 1 amide bonds. The highest BCUT2D eigenvalue weighted by Gasteiger charge is 2.32. The van der Waals surface area contributed by atoms with E-state index in [-0.39, 0.29) is 17.5 Å². The van der Waals surface area contributed by atoms with Crippen LogP contribution in [0.25, 0.3) is 0 Å². The standard InChI is InChI=1S/C16H14FNO/c1-11-10-12-6-2-5-9-15(12)18(11)16(19)13-7-3-4-8-14(13)17/h2-9,11H,10H2,1H3/t11-/m1/s1. The number of anilines is 1. The van der Waals surface area contributed by atoms with E-state index in [1.165, 1.54) is 12.1 Å². The third-order valence-electron chi connectivity index (χ3n) is 3.53. The number of hydrogen-bond acceptors (Lipinski definition) is 1. The largest absolute Gasteiger partial charge is 0.305 e. The normalized spacial score (nSPS) is 17.4. The van der Waals surface area contributed by atoms with Crippen molar-refractivity contribution in [2.24, 2.45) is 0 Å². The number of hydrogen-bond donors (Lipinski definition) is 0. The Bertz CT molecular complexity index is 638. The van der Waals surface area contributed by atoms with Gasteiger partial charge >= 0.3 is 0 Å². The van der Waals surface area contributed by atoms with Crippen LogP contribution in [-0.2, 0) is 6.42 Å². The number of rotatable bonds is 1. The molecule has 3 heteroatoms. The molecule has 2 aromatic rings. The van der Waals surface area contributed by atoms with Crippen LogP contribution in [0.4, 0.5) is 10.1 Å². The van der Waals surface area contributed by atoms with E-state index in [2.05, 4.69) is 0 Å². The van der Waals surface area contributed by atoms with Gasteiger partial charge in [0.2, 0.25) is 0 Å². The number of benzene rings is 2. The molecule has 3 rings (SSSR count). The lowest BCUT2D eigenvalue weighted by Gasteiger charge is -2.23. The highest BCUT2D eigenvalue weighted by molar-refractivity contribution is 6.07. The van der Waals surface area contributed by atoms with E-state index < -0.39 is 5.82 Å². The van der Waals surface area contributed by atoms with Crippen molar-refractivity contribution in [3.8, 4) is 0 Å². The lowest BCUT2D eigenvalue weighted by atomic mass is 10.1. The molecule has 19 heavy (non-hydrogen) atoms. The third-order valence-corrected chi connectivity index (χ3v) is 3.53. The Kier molecular flexibility index (Phi) is 2.82. The molecule has 2 aromatic carbocycles. The smallest absolute Gasteiger partial charge is 0.261 e. The van der Waals surface area contributed by atoms with E-state index >= 15 is 0 Å². The number of amides is 1. The summed E-state index contributed by atoms with van der Waals surface area (Å²) in [5.74, 6) is -0.736. The van der Waals surface area contributed by atoms with Gasteiger partial charge in [-0.05, 0) is 37.1 Å². The van der Waals surface area contributed by atoms with Gasteiger partial charge < -0.3 is 4.90 Å². The monoisotopic (exact) mass is 255 g/mol. The van der Waals surface area contributed by atoms with Crippen LogP contribution in [0.3, 0.4) is 0 Å². The maximum atomic E-state index is 13.7. The van der Waals surface area contributed by atoms with E-state index in [1.807, 2.05) is 31.2 Å². The minimum absolute atomic E-state index is 0.0597. The van der Waals surface area contributed by atoms with E-state index in [0.29, 0.717) is 0 Å². The van der Waals surface area contributed by atoms with Crippen LogP contribution in [0, 0.1) is 5.82 Å². The topological polar surface area (TPSA) is 20.3 Å². The van der Waals surface area contributed by atoms with E-state index in [0.717, 1.165) is 17.7 Å². The van der Waals surface area contributed by atoms with Gasteiger partial charge in [-0.2, -0.15) is 0 Å². The number of carbonyl (C=O) groups excluding carboxylic acids is 1. The summed E-state index contributed by atoms with van der Waals surface area (Å²) in [4.78, 5) is 14.2. The summed E-state index contributed by atoms with van der Waals surface area (Å²) in [5.41, 5.74) is 2.16. The van der Waals surface area contributed by atoms with E-state index in [9.17, 15) is 9.18 Å². The maximum Gasteiger partial charge on any atom is 0.261 e. The van der Waals surface area contributed by atoms with Gasteiger partial charge in [0.25, 0.3) is 5.91 Å². The molecule has 0 aromatic heterocycles. The maximum absolute atomic E-state index is 13.7. The number of halogens is 1. The predicted molar refractivity (Wildman–Crippen MR) is 72.8 cm³/mol. The van der Waals surface area contributed by atoms with Crippen molar-refractivity contribution in [3.05, 3.63) is 65.5 Å². The summed E-state index contributed by atoms with van der Waals surface area (Å²) < 4.78 is 13.7. The average Bonchev–Trinajstić information content (AvgIpc) is 2.74. The molecule has 1 atom stereocenters. The number of fused-ring (bicyclic) bond motifs is 1. The molecule has 0 unspecified atom stereocenters. The highest BCUT2D eigenvalue weighted by Crippen LogP contribution is 2.33. The SMILES string of the molecule is C[C@@H]1Cc2ccccc2N1C(=O)c1ccccc1F. The molecule has 0 spiro atoms. The van der Waals surface area contributed by atoms with E-state index in [1.54, 1.807) is 17.0 Å². The first-order chi connectivity index (χ1) is 9.18. The van der Waals surface area contributed by atoms with Crippen molar-refractivity contribution >= 4 is 11.6 Å². The Morgan fingerprint density at radius 2 is 1.84 bits per heavy atom. The number of nitrogens with zero attached hydrogens (tertiary/aromatic N) is 1. The zero-order valence-electron chi connectivity index (χ0n) is 10.6. The van der Waals surface area contributed by atoms with Crippen molar-refractivity contribution in [1.29, 1.82) is 0 Å². The Balaban J connectivity index is 2.03. The van der Waals surface area contributed by atoms with Gasteiger partial charge in [-0.25, -0.2) is 4.39 Å². The van der Waals surface area contributed by atoms with Crippen molar-refractivity contribution in [2.45, 2.75) is 19.4 Å². The molecule has 1 aliphatic heterocycles. The molecular formula is C16H14FNO. The average molecular weight is 255 g/mol. The molecule has 1 heterocycles. The minimum Gasteiger partial charge on any atom is -0.305 e. The van der Waals surface area contributed by atoms with Gasteiger partial charge in [-0.1, -0.05) is 30.3 Å². The van der Waals surface area contributed by atoms with Crippen LogP contribution in [0.2, 0.25) is 0 Å². The van der Waals surface area contributed by atoms with Crippen molar-refractivity contribution in [3.63, 3.8) is 0 Å². The second-order valence-electron chi connectivity index (χ2n) is 4.84. The van der Waals surface area contributed by atoms with Crippen LogP contribution in [-0.4, -0.2) is 11.9 Å². The van der Waals surface area contributed by atoms with Gasteiger partial charge in [-0.3, -0.25) is 4.79 Å². The fourth-order valence-corrected chi connectivity index (χ4v) is 2.64. The van der Waals surface area contributed by atoms with Crippen LogP contribution >= 0.6 is 0 Å². The fourth-order valence-electron chi connectivity index (χ4n) is 2.64. The first-order valence-electron chi connectivity index (χ1n) is 6.34. The minimum atomic E-state index is -0.468. The Morgan fingerprint density at radius 3 is 2.63 bits per heavy atom. The zero-order chi connectivity index (χ0) is 13.4. The molecule has 96 valence electrons. The fraction of sp³-hybridized carbons (Fsp3) is 0.188. The quantitative estimate of drug-likeness (QED) is 0.764. The van der Waals surface area contributed by atoms with E-state index in [4.69, 9.17) is 0 Å². The molecule has 0 radical (unpaired) electrons. The van der Waals surface area contributed by atoms with Crippen molar-refractivity contribution < 1.29 is 9.18 Å². The molecule has 0 bridgehead atoms. The summed E-state index contributed by atoms with van der Waals surface area (Å²) in [6, 6.07) is 14.0. The first kappa shape index (κ1) is 11.9. The van der Waals surface area contributed by atoms with Crippen LogP contribution in [0.1, 0.15) is 22.8 Å². The molecular weight excluding hydrogens is 241 g/mol. The molecule has 0 aliphatic carbocycles. The summed E-state index contributed by atoms with van der Waals surface area (Å²) >= 11 is 0. The summed E-state index contributed by atoms with van der Waals surface area (Å²) in [5, 5.41) is 0. The first-order valence-corrected chi connectivity index (χ1v) is 6.34. The molecule has 0 saturated carbocycles. The molecule has 2 nitrogen and oxygen atoms in total. The molecule has 0 N–H and O–H groups in total. The predicted octanol–water partition coefficient (Wildman–Crippen LogP) is 3.42. The third kappa shape index (κ3) is 1.91. The van der Waals surface area contributed by atoms with Crippen molar-refractivity contribution in [1.82, 2.24) is 0 Å². The molecule has 1 aliphatic rings. The van der Waals surface area contributed by atoms with Gasteiger partial charge in [0.05, 0.1) is 5.56 Å². The summed E-state index contributed by atoms with van der Waals surface area (Å²) in [6.07, 6.45) is 0.816. The zero-order valence-corrected chi connectivity index (χ0v) is 10.6. The van der Waals surface area contributed by atoms with Gasteiger partial charge in [0.1, 0.15) is 5.82 Å². The van der Waals surface area contributed by atoms with Gasteiger partial charge in [-0.15, -0.1) is 0 Å². The van der Waals surface area contributed by atoms with Crippen LogP contribution < -0.4 is 4.90 Å². The lowest BCUT2D eigenvalue weighted by Crippen LogP contribution is -2.36. The Labute approximate surface area is 111 Å². The Hall–Kier alpha value is -2.16. The summed E-state index contributed by atoms with van der Waals surface area (Å²) in [7, 11) is 0. The Morgan fingerprint density at radius 1 is 1.16 bits per heavy atom. The second kappa shape index (κ2) is 4.50. The van der Waals surface area contributed by atoms with Crippen molar-refractivity contribution in [2.75, 3.05) is 4.90 Å².